The van der Waals surface area contributed by atoms with Crippen molar-refractivity contribution in [3.05, 3.63) is 28.2 Å². The highest BCUT2D eigenvalue weighted by Crippen LogP contribution is 2.26. The Balaban J connectivity index is 2.25. The van der Waals surface area contributed by atoms with Crippen LogP contribution < -0.4 is 5.73 Å². The van der Waals surface area contributed by atoms with Crippen LogP contribution in [0.15, 0.2) is 27.6 Å². The Hall–Kier alpha value is -1.12. The van der Waals surface area contributed by atoms with E-state index in [4.69, 9.17) is 5.73 Å². The summed E-state index contributed by atoms with van der Waals surface area (Å²) < 4.78 is 27.4. The van der Waals surface area contributed by atoms with E-state index in [9.17, 15) is 13.2 Å². The normalized spacial score (nSPS) is 17.5. The molecule has 0 aromatic heterocycles. The van der Waals surface area contributed by atoms with Crippen molar-refractivity contribution in [2.45, 2.75) is 18.2 Å². The number of nitrogens with two attached hydrogens (primary N) is 1. The van der Waals surface area contributed by atoms with Crippen molar-refractivity contribution >= 4 is 32.0 Å². The Morgan fingerprint density at radius 1 is 1.24 bits per heavy atom. The topological polar surface area (TPSA) is 83.7 Å². The van der Waals surface area contributed by atoms with Crippen LogP contribution in [-0.4, -0.2) is 49.8 Å². The van der Waals surface area contributed by atoms with E-state index in [1.165, 1.54) is 9.21 Å². The van der Waals surface area contributed by atoms with Gasteiger partial charge in [-0.25, -0.2) is 13.2 Å². The van der Waals surface area contributed by atoms with Crippen molar-refractivity contribution in [3.63, 3.8) is 0 Å². The Morgan fingerprint density at radius 2 is 1.95 bits per heavy atom. The molecule has 1 aromatic rings. The largest absolute Gasteiger partial charge is 0.351 e. The van der Waals surface area contributed by atoms with E-state index in [2.05, 4.69) is 15.9 Å². The number of halogens is 1. The van der Waals surface area contributed by atoms with Gasteiger partial charge in [-0.15, -0.1) is 0 Å². The quantitative estimate of drug-likeness (QED) is 0.850. The van der Waals surface area contributed by atoms with Crippen LogP contribution in [0.2, 0.25) is 0 Å². The van der Waals surface area contributed by atoms with Gasteiger partial charge in [-0.2, -0.15) is 4.31 Å². The Kier molecular flexibility index (Phi) is 4.90. The van der Waals surface area contributed by atoms with Gasteiger partial charge >= 0.3 is 6.03 Å². The number of nitrogens with zero attached hydrogens (tertiary/aromatic N) is 2. The third-order valence-electron chi connectivity index (χ3n) is 3.47. The minimum absolute atomic E-state index is 0.251. The number of sulfonamides is 1. The Bertz CT molecular complexity index is 648. The number of rotatable bonds is 2. The number of benzene rings is 1. The number of hydrogen-bond acceptors (Lipinski definition) is 3. The number of aryl methyl sites for hydroxylation is 1. The number of hydrogen-bond donors (Lipinski definition) is 1. The number of urea groups is 1. The zero-order valence-corrected chi connectivity index (χ0v) is 14.2. The molecular weight excluding hydrogens is 358 g/mol. The molecule has 1 aromatic carbocycles. The van der Waals surface area contributed by atoms with Crippen molar-refractivity contribution < 1.29 is 13.2 Å². The summed E-state index contributed by atoms with van der Waals surface area (Å²) >= 11 is 3.31. The standard InChI is InChI=1S/C13H18BrN3O3S/c1-10-3-4-12(11(14)9-10)21(19,20)17-6-2-5-16(7-8-17)13(15)18/h3-4,9H,2,5-8H2,1H3,(H2,15,18). The van der Waals surface area contributed by atoms with Crippen LogP contribution in [0.1, 0.15) is 12.0 Å². The molecule has 0 saturated carbocycles. The lowest BCUT2D eigenvalue weighted by Gasteiger charge is -2.21. The summed E-state index contributed by atoms with van der Waals surface area (Å²) in [6.45, 7) is 3.34. The lowest BCUT2D eigenvalue weighted by atomic mass is 10.2. The minimum Gasteiger partial charge on any atom is -0.351 e. The Morgan fingerprint density at radius 3 is 2.57 bits per heavy atom. The van der Waals surface area contributed by atoms with Gasteiger partial charge in [-0.05, 0) is 47.0 Å². The first-order valence-corrected chi connectivity index (χ1v) is 8.86. The van der Waals surface area contributed by atoms with Crippen LogP contribution >= 0.6 is 15.9 Å². The third-order valence-corrected chi connectivity index (χ3v) is 6.35. The average Bonchev–Trinajstić information content (AvgIpc) is 2.64. The number of carbonyl (C=O) groups is 1. The van der Waals surface area contributed by atoms with Crippen molar-refractivity contribution in [3.8, 4) is 0 Å². The first-order chi connectivity index (χ1) is 9.82. The molecule has 1 heterocycles. The fourth-order valence-corrected chi connectivity index (χ4v) is 4.93. The fraction of sp³-hybridized carbons (Fsp3) is 0.462. The van der Waals surface area contributed by atoms with Crippen molar-refractivity contribution in [1.29, 1.82) is 0 Å². The Labute approximate surface area is 133 Å². The predicted molar refractivity (Wildman–Crippen MR) is 83.4 cm³/mol. The highest BCUT2D eigenvalue weighted by Gasteiger charge is 2.29. The lowest BCUT2D eigenvalue weighted by Crippen LogP contribution is -2.39. The smallest absolute Gasteiger partial charge is 0.314 e. The van der Waals surface area contributed by atoms with Crippen LogP contribution in [0, 0.1) is 6.92 Å². The summed E-state index contributed by atoms with van der Waals surface area (Å²) in [5.41, 5.74) is 6.24. The summed E-state index contributed by atoms with van der Waals surface area (Å²) in [6, 6.07) is 4.64. The molecule has 2 rings (SSSR count). The molecule has 0 unspecified atom stereocenters. The molecule has 1 aliphatic heterocycles. The maximum Gasteiger partial charge on any atom is 0.314 e. The number of amides is 2. The molecule has 1 saturated heterocycles. The van der Waals surface area contributed by atoms with Gasteiger partial charge in [-0.3, -0.25) is 0 Å². The SMILES string of the molecule is Cc1ccc(S(=O)(=O)N2CCCN(C(N)=O)CC2)c(Br)c1. The van der Waals surface area contributed by atoms with E-state index in [0.717, 1.165) is 5.56 Å². The van der Waals surface area contributed by atoms with Gasteiger partial charge in [0, 0.05) is 30.7 Å². The second-order valence-corrected chi connectivity index (χ2v) is 7.78. The predicted octanol–water partition coefficient (Wildman–Crippen LogP) is 1.53. The van der Waals surface area contributed by atoms with Crippen LogP contribution in [0.25, 0.3) is 0 Å². The van der Waals surface area contributed by atoms with E-state index in [1.54, 1.807) is 18.2 Å². The van der Waals surface area contributed by atoms with Gasteiger partial charge in [0.05, 0.1) is 4.90 Å². The summed E-state index contributed by atoms with van der Waals surface area (Å²) in [6.07, 6.45) is 0.575. The van der Waals surface area contributed by atoms with Crippen molar-refractivity contribution in [2.75, 3.05) is 26.2 Å². The summed E-state index contributed by atoms with van der Waals surface area (Å²) in [7, 11) is -3.57. The molecule has 8 heteroatoms. The first kappa shape index (κ1) is 16.3. The van der Waals surface area contributed by atoms with Crippen LogP contribution in [0.4, 0.5) is 4.79 Å². The molecule has 1 fully saturated rings. The summed E-state index contributed by atoms with van der Waals surface area (Å²) in [5, 5.41) is 0. The van der Waals surface area contributed by atoms with Gasteiger partial charge in [0.15, 0.2) is 0 Å². The van der Waals surface area contributed by atoms with E-state index in [1.807, 2.05) is 6.92 Å². The van der Waals surface area contributed by atoms with Gasteiger partial charge in [-0.1, -0.05) is 6.07 Å². The molecule has 1 aliphatic rings. The van der Waals surface area contributed by atoms with E-state index >= 15 is 0 Å². The molecule has 21 heavy (non-hydrogen) atoms. The van der Waals surface area contributed by atoms with Gasteiger partial charge < -0.3 is 10.6 Å². The molecule has 2 N–H and O–H groups in total. The highest BCUT2D eigenvalue weighted by atomic mass is 79.9. The number of carbonyl (C=O) groups excluding carboxylic acids is 1. The number of primary amides is 1. The average molecular weight is 376 g/mol. The molecule has 6 nitrogen and oxygen atoms in total. The third kappa shape index (κ3) is 3.56. The van der Waals surface area contributed by atoms with Gasteiger partial charge in [0.25, 0.3) is 0 Å². The van der Waals surface area contributed by atoms with Crippen molar-refractivity contribution in [1.82, 2.24) is 9.21 Å². The van der Waals surface area contributed by atoms with Crippen LogP contribution in [0.3, 0.4) is 0 Å². The lowest BCUT2D eigenvalue weighted by molar-refractivity contribution is 0.210. The molecule has 0 bridgehead atoms. The fourth-order valence-electron chi connectivity index (χ4n) is 2.31. The van der Waals surface area contributed by atoms with Crippen LogP contribution in [-0.2, 0) is 10.0 Å². The second-order valence-electron chi connectivity index (χ2n) is 5.02. The molecule has 2 amide bonds. The van der Waals surface area contributed by atoms with Crippen LogP contribution in [0.5, 0.6) is 0 Å². The van der Waals surface area contributed by atoms with Gasteiger partial charge in [0.1, 0.15) is 0 Å². The zero-order chi connectivity index (χ0) is 15.6. The van der Waals surface area contributed by atoms with Gasteiger partial charge in [0.2, 0.25) is 10.0 Å². The molecular formula is C13H18BrN3O3S. The van der Waals surface area contributed by atoms with E-state index < -0.39 is 16.1 Å². The first-order valence-electron chi connectivity index (χ1n) is 6.63. The zero-order valence-electron chi connectivity index (χ0n) is 11.8. The maximum atomic E-state index is 12.7. The second kappa shape index (κ2) is 6.33. The summed E-state index contributed by atoms with van der Waals surface area (Å²) in [5.74, 6) is 0. The molecule has 116 valence electrons. The molecule has 0 atom stereocenters. The van der Waals surface area contributed by atoms with E-state index in [-0.39, 0.29) is 11.4 Å². The molecule has 0 aliphatic carbocycles. The van der Waals surface area contributed by atoms with Crippen molar-refractivity contribution in [2.24, 2.45) is 5.73 Å². The minimum atomic E-state index is -3.57. The maximum absolute atomic E-state index is 12.7. The monoisotopic (exact) mass is 375 g/mol. The molecule has 0 spiro atoms. The molecule has 0 radical (unpaired) electrons. The highest BCUT2D eigenvalue weighted by molar-refractivity contribution is 9.10. The van der Waals surface area contributed by atoms with E-state index in [0.29, 0.717) is 30.5 Å². The summed E-state index contributed by atoms with van der Waals surface area (Å²) in [4.78, 5) is 12.9.